The van der Waals surface area contributed by atoms with Crippen molar-refractivity contribution < 1.29 is 1.37 Å². The fraction of sp³-hybridized carbons (Fsp3) is 1.00. The maximum Gasteiger partial charge on any atom is 0.0577 e. The van der Waals surface area contributed by atoms with Crippen LogP contribution in [0.1, 0.15) is 8.29 Å². The van der Waals surface area contributed by atoms with Gasteiger partial charge in [0.1, 0.15) is 0 Å². The summed E-state index contributed by atoms with van der Waals surface area (Å²) < 4.78 is 13.6. The first kappa shape index (κ1) is 1.77. The van der Waals surface area contributed by atoms with Crippen LogP contribution in [0, 0.1) is 0 Å². The van der Waals surface area contributed by atoms with E-state index in [0.717, 1.165) is 6.16 Å². The molecule has 0 bridgehead atoms. The van der Waals surface area contributed by atoms with Gasteiger partial charge in [0.25, 0.3) is 0 Å². The first-order valence-electron chi connectivity index (χ1n) is 2.49. The van der Waals surface area contributed by atoms with Crippen LogP contribution in [0.5, 0.6) is 0 Å². The van der Waals surface area contributed by atoms with E-state index in [0.29, 0.717) is 6.64 Å². The summed E-state index contributed by atoms with van der Waals surface area (Å²) in [4.78, 5) is 0. The third kappa shape index (κ3) is 2.43. The lowest BCUT2D eigenvalue weighted by Gasteiger charge is -1.69. The normalized spacial score (nSPS) is 22.2. The van der Waals surface area contributed by atoms with Crippen molar-refractivity contribution in [3.05, 3.63) is 0 Å². The van der Waals surface area contributed by atoms with Gasteiger partial charge in [0.2, 0.25) is 0 Å². The van der Waals surface area contributed by atoms with E-state index in [1.54, 1.807) is 0 Å². The fourth-order valence-corrected chi connectivity index (χ4v) is 0. The van der Waals surface area contributed by atoms with Gasteiger partial charge in [0, 0.05) is 1.37 Å². The number of hydrogen-bond donors (Lipinski definition) is 0. The molecule has 1 unspecified atom stereocenters. The molecular weight excluding hydrogens is 67.0 g/mol. The maximum absolute atomic E-state index is 6.95. The molecule has 0 aliphatic rings. The van der Waals surface area contributed by atoms with Gasteiger partial charge in [-0.2, -0.15) is 0 Å². The molecule has 4 heavy (non-hydrogen) atoms. The van der Waals surface area contributed by atoms with Gasteiger partial charge in [-0.15, -0.1) is 8.53 Å². The summed E-state index contributed by atoms with van der Waals surface area (Å²) in [5.74, 6) is 0. The first-order valence-corrected chi connectivity index (χ1v) is 2.60. The lowest BCUT2D eigenvalue weighted by Crippen LogP contribution is -1.47. The average Bonchev–Trinajstić information content (AvgIpc) is 1.65. The second-order valence-corrected chi connectivity index (χ2v) is 1.62. The van der Waals surface area contributed by atoms with E-state index < -0.39 is 8.53 Å². The van der Waals surface area contributed by atoms with E-state index in [1.165, 1.54) is 0 Å². The Bertz CT molecular complexity index is 28.0. The van der Waals surface area contributed by atoms with Crippen LogP contribution in [0.4, 0.5) is 0 Å². The lowest BCUT2D eigenvalue weighted by atomic mass is 11.0. The largest absolute Gasteiger partial charge is 0.126 e. The summed E-state index contributed by atoms with van der Waals surface area (Å²) in [6.45, 7) is 2.26. The van der Waals surface area contributed by atoms with Gasteiger partial charge in [-0.05, 0) is 12.8 Å². The number of hydrogen-bond acceptors (Lipinski definition) is 0. The summed E-state index contributed by atoms with van der Waals surface area (Å²) in [5, 5.41) is 0. The molecule has 0 radical (unpaired) electrons. The van der Waals surface area contributed by atoms with E-state index in [1.807, 2.05) is 6.92 Å². The van der Waals surface area contributed by atoms with Crippen molar-refractivity contribution in [3.63, 3.8) is 0 Å². The Kier molecular flexibility index (Phi) is 1.52. The van der Waals surface area contributed by atoms with Crippen LogP contribution >= 0.6 is 8.53 Å². The summed E-state index contributed by atoms with van der Waals surface area (Å²) in [7, 11) is -0.659. The highest BCUT2D eigenvalue weighted by atomic mass is 31.1. The zero-order chi connectivity index (χ0) is 4.99. The highest BCUT2D eigenvalue weighted by Gasteiger charge is 1.55. The quantitative estimate of drug-likeness (QED) is 0.415. The Hall–Kier alpha value is 0.430. The summed E-state index contributed by atoms with van der Waals surface area (Å²) in [6, 6.07) is 0. The first-order chi connectivity index (χ1) is 2.81. The molecule has 0 saturated carbocycles. The fourth-order valence-electron chi connectivity index (χ4n) is 0. The minimum Gasteiger partial charge on any atom is -0.126 e. The molecule has 0 amide bonds. The van der Waals surface area contributed by atoms with E-state index >= 15 is 0 Å². The Balaban J connectivity index is 2.75. The van der Waals surface area contributed by atoms with Crippen LogP contribution in [-0.2, 0) is 0 Å². The monoisotopic (exact) mass is 78.1 g/mol. The van der Waals surface area contributed by atoms with Crippen molar-refractivity contribution in [3.8, 4) is 0 Å². The Morgan fingerprint density at radius 3 is 3.25 bits per heavy atom. The topological polar surface area (TPSA) is 0 Å². The average molecular weight is 78.1 g/mol. The summed E-state index contributed by atoms with van der Waals surface area (Å²) in [6.07, 6.45) is 0.874. The lowest BCUT2D eigenvalue weighted by molar-refractivity contribution is 1.52. The van der Waals surface area contributed by atoms with Gasteiger partial charge >= 0.3 is 0 Å². The molecule has 0 N–H and O–H groups in total. The highest BCUT2D eigenvalue weighted by molar-refractivity contribution is 7.36. The predicted octanol–water partition coefficient (Wildman–Crippen LogP) is 1.31. The second-order valence-electron chi connectivity index (χ2n) is 0.540. The molecule has 0 aromatic carbocycles. The van der Waals surface area contributed by atoms with Crippen LogP contribution < -0.4 is 0 Å². The third-order valence-corrected chi connectivity index (χ3v) is 0.671. The second kappa shape index (κ2) is 3.43. The predicted molar refractivity (Wildman–Crippen MR) is 24.8 cm³/mol. The molecule has 0 nitrogen and oxygen atoms in total. The third-order valence-electron chi connectivity index (χ3n) is 0.224. The molecule has 0 heterocycles. The molecule has 0 aromatic heterocycles. The molecule has 0 aliphatic heterocycles. The molecule has 0 saturated heterocycles. The van der Waals surface area contributed by atoms with Crippen molar-refractivity contribution in [2.45, 2.75) is 6.92 Å². The molecule has 26 valence electrons. The molecule has 0 aliphatic carbocycles. The molecule has 0 fully saturated rings. The summed E-state index contributed by atoms with van der Waals surface area (Å²) in [5.41, 5.74) is 0. The van der Waals surface area contributed by atoms with Gasteiger partial charge in [0.05, 0.1) is 1.28 Å². The van der Waals surface area contributed by atoms with Crippen LogP contribution in [0.15, 0.2) is 0 Å². The summed E-state index contributed by atoms with van der Waals surface area (Å²) >= 11 is 0. The molecule has 0 rings (SSSR count). The van der Waals surface area contributed by atoms with Crippen LogP contribution in [-0.4, -0.2) is 14.1 Å². The number of rotatable bonds is 1. The molecule has 0 spiro atoms. The Morgan fingerprint density at radius 1 is 2.50 bits per heavy atom. The van der Waals surface area contributed by atoms with Gasteiger partial charge in [-0.25, -0.2) is 0 Å². The Morgan fingerprint density at radius 2 is 3.25 bits per heavy atom. The smallest absolute Gasteiger partial charge is 0.0577 e. The molecule has 1 heteroatoms. The van der Waals surface area contributed by atoms with E-state index in [-0.39, 0.29) is 0 Å². The van der Waals surface area contributed by atoms with Gasteiger partial charge in [-0.3, -0.25) is 0 Å². The minimum absolute atomic E-state index is 0.311. The Labute approximate surface area is 32.1 Å². The van der Waals surface area contributed by atoms with Crippen molar-refractivity contribution in [2.75, 3.05) is 12.8 Å². The minimum atomic E-state index is -0.659. The zero-order valence-electron chi connectivity index (χ0n) is 4.86. The van der Waals surface area contributed by atoms with Crippen molar-refractivity contribution in [1.29, 1.82) is 1.28 Å². The van der Waals surface area contributed by atoms with Gasteiger partial charge in [0.15, 0.2) is 0 Å². The molecule has 1 atom stereocenters. The molecular formula is C3H9P. The van der Waals surface area contributed by atoms with Crippen molar-refractivity contribution >= 4 is 8.53 Å². The van der Waals surface area contributed by atoms with Crippen LogP contribution in [0.2, 0.25) is 0 Å². The van der Waals surface area contributed by atoms with Gasteiger partial charge in [-0.1, -0.05) is 6.92 Å². The highest BCUT2D eigenvalue weighted by Crippen LogP contribution is 1.95. The standard InChI is InChI=1S/C3H9P/c1-3-4-2/h4H,3H2,1-2H3/i2D,4D. The van der Waals surface area contributed by atoms with Crippen molar-refractivity contribution in [2.24, 2.45) is 0 Å². The van der Waals surface area contributed by atoms with Gasteiger partial charge < -0.3 is 0 Å². The SMILES string of the molecule is [2H]CP([2H])CC. The van der Waals surface area contributed by atoms with E-state index in [2.05, 4.69) is 0 Å². The maximum atomic E-state index is 6.95. The van der Waals surface area contributed by atoms with Crippen molar-refractivity contribution in [1.82, 2.24) is 0 Å². The van der Waals surface area contributed by atoms with E-state index in [9.17, 15) is 0 Å². The van der Waals surface area contributed by atoms with Crippen LogP contribution in [0.25, 0.3) is 0 Å². The van der Waals surface area contributed by atoms with E-state index in [4.69, 9.17) is 2.65 Å². The zero-order valence-corrected chi connectivity index (χ0v) is 3.76. The molecule has 0 aromatic rings. The van der Waals surface area contributed by atoms with Crippen LogP contribution in [0.3, 0.4) is 0 Å².